The SMILES string of the molecule is CC1CCN(CC(=O)Nc2cccc(NC(=O)CCc3ccccc3)c2)CC1. The molecule has 28 heavy (non-hydrogen) atoms. The first-order valence-corrected chi connectivity index (χ1v) is 10.0. The number of hydrogen-bond acceptors (Lipinski definition) is 3. The van der Waals surface area contributed by atoms with Gasteiger partial charge in [-0.15, -0.1) is 0 Å². The van der Waals surface area contributed by atoms with Crippen LogP contribution in [0.2, 0.25) is 0 Å². The van der Waals surface area contributed by atoms with Crippen LogP contribution in [0.5, 0.6) is 0 Å². The van der Waals surface area contributed by atoms with Crippen molar-refractivity contribution in [3.63, 3.8) is 0 Å². The molecule has 0 spiro atoms. The van der Waals surface area contributed by atoms with Crippen molar-refractivity contribution in [1.82, 2.24) is 4.90 Å². The van der Waals surface area contributed by atoms with Gasteiger partial charge in [0.1, 0.15) is 0 Å². The van der Waals surface area contributed by atoms with Gasteiger partial charge in [0, 0.05) is 17.8 Å². The van der Waals surface area contributed by atoms with E-state index in [0.29, 0.717) is 30.8 Å². The Hall–Kier alpha value is -2.66. The normalized spacial score (nSPS) is 15.2. The summed E-state index contributed by atoms with van der Waals surface area (Å²) in [4.78, 5) is 26.7. The van der Waals surface area contributed by atoms with Crippen LogP contribution >= 0.6 is 0 Å². The summed E-state index contributed by atoms with van der Waals surface area (Å²) >= 11 is 0. The molecule has 2 aromatic carbocycles. The second kappa shape index (κ2) is 10.0. The molecule has 1 fully saturated rings. The van der Waals surface area contributed by atoms with Crippen LogP contribution in [-0.2, 0) is 16.0 Å². The van der Waals surface area contributed by atoms with Crippen LogP contribution in [0.4, 0.5) is 11.4 Å². The standard InChI is InChI=1S/C23H29N3O2/c1-18-12-14-26(15-13-18)17-23(28)25-21-9-5-8-20(16-21)24-22(27)11-10-19-6-3-2-4-7-19/h2-9,16,18H,10-15,17H2,1H3,(H,24,27)(H,25,28). The number of carbonyl (C=O) groups is 2. The van der Waals surface area contributed by atoms with Crippen molar-refractivity contribution < 1.29 is 9.59 Å². The monoisotopic (exact) mass is 379 g/mol. The molecule has 0 aromatic heterocycles. The molecule has 0 unspecified atom stereocenters. The van der Waals surface area contributed by atoms with E-state index in [0.717, 1.165) is 37.4 Å². The van der Waals surface area contributed by atoms with Crippen LogP contribution in [0.15, 0.2) is 54.6 Å². The van der Waals surface area contributed by atoms with E-state index in [-0.39, 0.29) is 11.8 Å². The van der Waals surface area contributed by atoms with Crippen molar-refractivity contribution in [2.75, 3.05) is 30.3 Å². The van der Waals surface area contributed by atoms with Gasteiger partial charge in [0.2, 0.25) is 11.8 Å². The molecule has 0 saturated carbocycles. The minimum atomic E-state index is -0.0326. The Kier molecular flexibility index (Phi) is 7.20. The topological polar surface area (TPSA) is 61.4 Å². The van der Waals surface area contributed by atoms with E-state index >= 15 is 0 Å². The molecule has 1 heterocycles. The summed E-state index contributed by atoms with van der Waals surface area (Å²) in [6, 6.07) is 17.3. The molecule has 0 aliphatic carbocycles. The summed E-state index contributed by atoms with van der Waals surface area (Å²) in [7, 11) is 0. The molecule has 2 N–H and O–H groups in total. The summed E-state index contributed by atoms with van der Waals surface area (Å²) in [5.41, 5.74) is 2.55. The van der Waals surface area contributed by atoms with Gasteiger partial charge in [-0.05, 0) is 62.0 Å². The molecular weight excluding hydrogens is 350 g/mol. The Morgan fingerprint density at radius 3 is 2.25 bits per heavy atom. The predicted molar refractivity (Wildman–Crippen MR) is 113 cm³/mol. The van der Waals surface area contributed by atoms with Crippen LogP contribution in [0.3, 0.4) is 0 Å². The second-order valence-corrected chi connectivity index (χ2v) is 7.62. The third-order valence-corrected chi connectivity index (χ3v) is 5.16. The average molecular weight is 380 g/mol. The van der Waals surface area contributed by atoms with Crippen molar-refractivity contribution in [2.24, 2.45) is 5.92 Å². The van der Waals surface area contributed by atoms with Crippen molar-refractivity contribution in [2.45, 2.75) is 32.6 Å². The molecular formula is C23H29N3O2. The first-order valence-electron chi connectivity index (χ1n) is 10.0. The minimum Gasteiger partial charge on any atom is -0.326 e. The first kappa shape index (κ1) is 20.1. The molecule has 1 saturated heterocycles. The van der Waals surface area contributed by atoms with Crippen LogP contribution in [-0.4, -0.2) is 36.3 Å². The number of hydrogen-bond donors (Lipinski definition) is 2. The number of likely N-dealkylation sites (tertiary alicyclic amines) is 1. The third-order valence-electron chi connectivity index (χ3n) is 5.16. The Morgan fingerprint density at radius 1 is 0.929 bits per heavy atom. The van der Waals surface area contributed by atoms with E-state index in [1.54, 1.807) is 6.07 Å². The minimum absolute atomic E-state index is 0.0119. The number of aryl methyl sites for hydroxylation is 1. The van der Waals surface area contributed by atoms with E-state index in [1.807, 2.05) is 48.5 Å². The lowest BCUT2D eigenvalue weighted by atomic mass is 9.99. The van der Waals surface area contributed by atoms with Crippen LogP contribution in [0, 0.1) is 5.92 Å². The Balaban J connectivity index is 1.46. The van der Waals surface area contributed by atoms with Gasteiger partial charge in [-0.25, -0.2) is 0 Å². The molecule has 3 rings (SSSR count). The second-order valence-electron chi connectivity index (χ2n) is 7.62. The summed E-state index contributed by atoms with van der Waals surface area (Å²) in [6.07, 6.45) is 3.43. The van der Waals surface area contributed by atoms with Gasteiger partial charge in [0.05, 0.1) is 6.54 Å². The highest BCUT2D eigenvalue weighted by Gasteiger charge is 2.18. The van der Waals surface area contributed by atoms with Gasteiger partial charge in [0.15, 0.2) is 0 Å². The quantitative estimate of drug-likeness (QED) is 0.766. The smallest absolute Gasteiger partial charge is 0.238 e. The zero-order valence-electron chi connectivity index (χ0n) is 16.5. The highest BCUT2D eigenvalue weighted by Crippen LogP contribution is 2.18. The highest BCUT2D eigenvalue weighted by molar-refractivity contribution is 5.94. The molecule has 5 nitrogen and oxygen atoms in total. The zero-order valence-corrected chi connectivity index (χ0v) is 16.5. The van der Waals surface area contributed by atoms with Crippen molar-refractivity contribution in [3.05, 3.63) is 60.2 Å². The van der Waals surface area contributed by atoms with Gasteiger partial charge in [-0.3, -0.25) is 14.5 Å². The molecule has 0 bridgehead atoms. The zero-order chi connectivity index (χ0) is 19.8. The average Bonchev–Trinajstić information content (AvgIpc) is 2.69. The number of benzene rings is 2. The van der Waals surface area contributed by atoms with E-state index in [1.165, 1.54) is 0 Å². The third kappa shape index (κ3) is 6.50. The highest BCUT2D eigenvalue weighted by atomic mass is 16.2. The largest absolute Gasteiger partial charge is 0.326 e. The molecule has 0 radical (unpaired) electrons. The fourth-order valence-corrected chi connectivity index (χ4v) is 3.42. The van der Waals surface area contributed by atoms with Gasteiger partial charge < -0.3 is 10.6 Å². The maximum atomic E-state index is 12.3. The number of piperidine rings is 1. The van der Waals surface area contributed by atoms with Crippen molar-refractivity contribution >= 4 is 23.2 Å². The van der Waals surface area contributed by atoms with Gasteiger partial charge in [-0.2, -0.15) is 0 Å². The molecule has 1 aliphatic rings. The Bertz CT molecular complexity index is 783. The van der Waals surface area contributed by atoms with Crippen LogP contribution in [0.1, 0.15) is 31.7 Å². The molecule has 1 aliphatic heterocycles. The lowest BCUT2D eigenvalue weighted by Gasteiger charge is -2.29. The van der Waals surface area contributed by atoms with E-state index in [4.69, 9.17) is 0 Å². The summed E-state index contributed by atoms with van der Waals surface area (Å²) in [6.45, 7) is 4.63. The lowest BCUT2D eigenvalue weighted by Crippen LogP contribution is -2.38. The van der Waals surface area contributed by atoms with Crippen LogP contribution < -0.4 is 10.6 Å². The summed E-state index contributed by atoms with van der Waals surface area (Å²) < 4.78 is 0. The summed E-state index contributed by atoms with van der Waals surface area (Å²) in [5.74, 6) is 0.707. The maximum absolute atomic E-state index is 12.3. The number of rotatable bonds is 7. The van der Waals surface area contributed by atoms with Gasteiger partial charge in [0.25, 0.3) is 0 Å². The molecule has 148 valence electrons. The fourth-order valence-electron chi connectivity index (χ4n) is 3.42. The number of carbonyl (C=O) groups excluding carboxylic acids is 2. The van der Waals surface area contributed by atoms with Crippen molar-refractivity contribution in [3.8, 4) is 0 Å². The molecule has 0 atom stereocenters. The van der Waals surface area contributed by atoms with Crippen LogP contribution in [0.25, 0.3) is 0 Å². The van der Waals surface area contributed by atoms with Gasteiger partial charge >= 0.3 is 0 Å². The Morgan fingerprint density at radius 2 is 1.57 bits per heavy atom. The van der Waals surface area contributed by atoms with Gasteiger partial charge in [-0.1, -0.05) is 43.3 Å². The van der Waals surface area contributed by atoms with E-state index in [9.17, 15) is 9.59 Å². The number of amides is 2. The van der Waals surface area contributed by atoms with E-state index in [2.05, 4.69) is 22.5 Å². The maximum Gasteiger partial charge on any atom is 0.238 e. The molecule has 2 amide bonds. The number of anilines is 2. The number of nitrogens with one attached hydrogen (secondary N) is 2. The number of nitrogens with zero attached hydrogens (tertiary/aromatic N) is 1. The lowest BCUT2D eigenvalue weighted by molar-refractivity contribution is -0.118. The predicted octanol–water partition coefficient (Wildman–Crippen LogP) is 3.93. The van der Waals surface area contributed by atoms with Crippen molar-refractivity contribution in [1.29, 1.82) is 0 Å². The summed E-state index contributed by atoms with van der Waals surface area (Å²) in [5, 5.41) is 5.85. The molecule has 2 aromatic rings. The fraction of sp³-hybridized carbons (Fsp3) is 0.391. The Labute approximate surface area is 167 Å². The van der Waals surface area contributed by atoms with E-state index < -0.39 is 0 Å². The first-order chi connectivity index (χ1) is 13.6. The molecule has 5 heteroatoms.